The van der Waals surface area contributed by atoms with E-state index in [1.54, 1.807) is 18.2 Å². The number of aromatic hydroxyl groups is 1. The largest absolute Gasteiger partial charge is 0.507 e. The summed E-state index contributed by atoms with van der Waals surface area (Å²) in [6.45, 7) is 1.98. The molecule has 70 valence electrons. The van der Waals surface area contributed by atoms with Gasteiger partial charge in [0, 0.05) is 0 Å². The molecule has 0 aliphatic rings. The minimum absolute atomic E-state index is 0.0220. The Labute approximate surface area is 77.0 Å². The Kier molecular flexibility index (Phi) is 2.90. The predicted molar refractivity (Wildman–Crippen MR) is 48.8 cm³/mol. The zero-order valence-corrected chi connectivity index (χ0v) is 7.70. The minimum Gasteiger partial charge on any atom is -0.507 e. The molecule has 13 heavy (non-hydrogen) atoms. The van der Waals surface area contributed by atoms with Crippen molar-refractivity contribution in [1.82, 2.24) is 0 Å². The molecule has 0 aliphatic heterocycles. The highest BCUT2D eigenvalue weighted by Gasteiger charge is 2.10. The number of carbonyl (C=O) groups is 1. The molecule has 3 nitrogen and oxygen atoms in total. The molecule has 0 atom stereocenters. The average Bonchev–Trinajstić information content (AvgIpc) is 2.16. The van der Waals surface area contributed by atoms with Crippen molar-refractivity contribution in [2.45, 2.75) is 13.3 Å². The van der Waals surface area contributed by atoms with Crippen LogP contribution in [0.15, 0.2) is 18.2 Å². The number of methoxy groups -OCH3 is 1. The summed E-state index contributed by atoms with van der Waals surface area (Å²) < 4.78 is 4.49. The van der Waals surface area contributed by atoms with Crippen molar-refractivity contribution in [3.8, 4) is 5.75 Å². The fourth-order valence-corrected chi connectivity index (χ4v) is 1.08. The number of carbonyl (C=O) groups excluding carboxylic acids is 1. The first-order chi connectivity index (χ1) is 6.19. The molecule has 1 aromatic carbocycles. The summed E-state index contributed by atoms with van der Waals surface area (Å²) in [5.74, 6) is -0.536. The number of hydrogen-bond acceptors (Lipinski definition) is 3. The van der Waals surface area contributed by atoms with Gasteiger partial charge in [0.15, 0.2) is 0 Å². The van der Waals surface area contributed by atoms with E-state index in [0.29, 0.717) is 0 Å². The first kappa shape index (κ1) is 9.58. The van der Waals surface area contributed by atoms with Gasteiger partial charge in [0.05, 0.1) is 7.11 Å². The SMILES string of the molecule is CCc1ccc(C(=O)OC)c(O)c1. The van der Waals surface area contributed by atoms with E-state index >= 15 is 0 Å². The maximum absolute atomic E-state index is 11.1. The second-order valence-electron chi connectivity index (χ2n) is 2.70. The lowest BCUT2D eigenvalue weighted by molar-refractivity contribution is 0.0597. The highest BCUT2D eigenvalue weighted by atomic mass is 16.5. The van der Waals surface area contributed by atoms with Crippen LogP contribution in [0.25, 0.3) is 0 Å². The summed E-state index contributed by atoms with van der Waals surface area (Å²) in [6, 6.07) is 4.94. The number of hydrogen-bond donors (Lipinski definition) is 1. The molecule has 0 bridgehead atoms. The summed E-state index contributed by atoms with van der Waals surface area (Å²) in [5, 5.41) is 9.42. The molecule has 0 saturated carbocycles. The maximum atomic E-state index is 11.1. The molecule has 1 aromatic rings. The Bertz CT molecular complexity index is 318. The third-order valence-electron chi connectivity index (χ3n) is 1.88. The van der Waals surface area contributed by atoms with Gasteiger partial charge in [-0.25, -0.2) is 4.79 Å². The molecule has 0 spiro atoms. The average molecular weight is 180 g/mol. The smallest absolute Gasteiger partial charge is 0.341 e. The highest BCUT2D eigenvalue weighted by Crippen LogP contribution is 2.19. The van der Waals surface area contributed by atoms with Crippen molar-refractivity contribution in [2.75, 3.05) is 7.11 Å². The molecule has 0 aliphatic carbocycles. The van der Waals surface area contributed by atoms with E-state index in [1.165, 1.54) is 7.11 Å². The van der Waals surface area contributed by atoms with Crippen molar-refractivity contribution >= 4 is 5.97 Å². The molecular weight excluding hydrogens is 168 g/mol. The van der Waals surface area contributed by atoms with E-state index in [9.17, 15) is 9.90 Å². The Morgan fingerprint density at radius 3 is 2.69 bits per heavy atom. The normalized spacial score (nSPS) is 9.69. The molecule has 0 heterocycles. The van der Waals surface area contributed by atoms with E-state index < -0.39 is 5.97 Å². The van der Waals surface area contributed by atoms with Gasteiger partial charge in [-0.3, -0.25) is 0 Å². The monoisotopic (exact) mass is 180 g/mol. The van der Waals surface area contributed by atoms with Gasteiger partial charge in [-0.05, 0) is 24.1 Å². The zero-order valence-electron chi connectivity index (χ0n) is 7.70. The standard InChI is InChI=1S/C10H12O3/c1-3-7-4-5-8(9(11)6-7)10(12)13-2/h4-6,11H,3H2,1-2H3. The van der Waals surface area contributed by atoms with Gasteiger partial charge in [-0.2, -0.15) is 0 Å². The van der Waals surface area contributed by atoms with Crippen molar-refractivity contribution < 1.29 is 14.6 Å². The lowest BCUT2D eigenvalue weighted by atomic mass is 10.1. The number of rotatable bonds is 2. The minimum atomic E-state index is -0.514. The summed E-state index contributed by atoms with van der Waals surface area (Å²) in [4.78, 5) is 11.1. The molecule has 1 rings (SSSR count). The Morgan fingerprint density at radius 2 is 2.23 bits per heavy atom. The summed E-state index contributed by atoms with van der Waals surface area (Å²) in [7, 11) is 1.29. The molecule has 0 fully saturated rings. The van der Waals surface area contributed by atoms with Crippen molar-refractivity contribution in [3.05, 3.63) is 29.3 Å². The number of phenolic OH excluding ortho intramolecular Hbond substituents is 1. The molecular formula is C10H12O3. The molecule has 0 amide bonds. The molecule has 1 N–H and O–H groups in total. The Hall–Kier alpha value is -1.51. The van der Waals surface area contributed by atoms with Crippen LogP contribution in [-0.2, 0) is 11.2 Å². The van der Waals surface area contributed by atoms with Crippen LogP contribution < -0.4 is 0 Å². The van der Waals surface area contributed by atoms with Crippen LogP contribution in [0.5, 0.6) is 5.75 Å². The first-order valence-electron chi connectivity index (χ1n) is 4.09. The fraction of sp³-hybridized carbons (Fsp3) is 0.300. The van der Waals surface area contributed by atoms with E-state index in [4.69, 9.17) is 0 Å². The molecule has 0 radical (unpaired) electrons. The van der Waals surface area contributed by atoms with Crippen LogP contribution in [0.3, 0.4) is 0 Å². The highest BCUT2D eigenvalue weighted by molar-refractivity contribution is 5.92. The van der Waals surface area contributed by atoms with Gasteiger partial charge < -0.3 is 9.84 Å². The van der Waals surface area contributed by atoms with Gasteiger partial charge in [0.25, 0.3) is 0 Å². The predicted octanol–water partition coefficient (Wildman–Crippen LogP) is 1.74. The van der Waals surface area contributed by atoms with Crippen molar-refractivity contribution in [2.24, 2.45) is 0 Å². The Morgan fingerprint density at radius 1 is 1.54 bits per heavy atom. The van der Waals surface area contributed by atoms with Crippen LogP contribution in [0, 0.1) is 0 Å². The van der Waals surface area contributed by atoms with Gasteiger partial charge in [-0.1, -0.05) is 13.0 Å². The summed E-state index contributed by atoms with van der Waals surface area (Å²) in [5.41, 5.74) is 1.20. The van der Waals surface area contributed by atoms with E-state index in [2.05, 4.69) is 4.74 Å². The topological polar surface area (TPSA) is 46.5 Å². The van der Waals surface area contributed by atoms with Crippen LogP contribution in [0.4, 0.5) is 0 Å². The van der Waals surface area contributed by atoms with Crippen LogP contribution in [-0.4, -0.2) is 18.2 Å². The van der Waals surface area contributed by atoms with Crippen LogP contribution >= 0.6 is 0 Å². The van der Waals surface area contributed by atoms with Gasteiger partial charge >= 0.3 is 5.97 Å². The van der Waals surface area contributed by atoms with E-state index in [0.717, 1.165) is 12.0 Å². The van der Waals surface area contributed by atoms with Crippen molar-refractivity contribution in [1.29, 1.82) is 0 Å². The lowest BCUT2D eigenvalue weighted by Crippen LogP contribution is -2.01. The summed E-state index contributed by atoms with van der Waals surface area (Å²) >= 11 is 0. The third-order valence-corrected chi connectivity index (χ3v) is 1.88. The lowest BCUT2D eigenvalue weighted by Gasteiger charge is -2.03. The molecule has 0 aromatic heterocycles. The number of aryl methyl sites for hydroxylation is 1. The van der Waals surface area contributed by atoms with Crippen LogP contribution in [0.2, 0.25) is 0 Å². The second kappa shape index (κ2) is 3.94. The summed E-state index contributed by atoms with van der Waals surface area (Å²) in [6.07, 6.45) is 0.828. The quantitative estimate of drug-likeness (QED) is 0.705. The van der Waals surface area contributed by atoms with Gasteiger partial charge in [0.1, 0.15) is 11.3 Å². The van der Waals surface area contributed by atoms with E-state index in [1.807, 2.05) is 6.92 Å². The van der Waals surface area contributed by atoms with Gasteiger partial charge in [0.2, 0.25) is 0 Å². The number of phenols is 1. The van der Waals surface area contributed by atoms with Crippen molar-refractivity contribution in [3.63, 3.8) is 0 Å². The van der Waals surface area contributed by atoms with E-state index in [-0.39, 0.29) is 11.3 Å². The molecule has 3 heteroatoms. The maximum Gasteiger partial charge on any atom is 0.341 e. The second-order valence-corrected chi connectivity index (χ2v) is 2.70. The van der Waals surface area contributed by atoms with Gasteiger partial charge in [-0.15, -0.1) is 0 Å². The Balaban J connectivity index is 3.05. The van der Waals surface area contributed by atoms with Crippen LogP contribution in [0.1, 0.15) is 22.8 Å². The number of benzene rings is 1. The molecule has 0 unspecified atom stereocenters. The number of ether oxygens (including phenoxy) is 1. The fourth-order valence-electron chi connectivity index (χ4n) is 1.08. The zero-order chi connectivity index (χ0) is 9.84. The first-order valence-corrected chi connectivity index (χ1v) is 4.09. The number of esters is 1. The molecule has 0 saturated heterocycles. The third kappa shape index (κ3) is 1.99.